The molecule has 0 atom stereocenters. The van der Waals surface area contributed by atoms with Gasteiger partial charge in [-0.25, -0.2) is 0 Å². The Kier molecular flexibility index (Phi) is 1.91. The monoisotopic (exact) mass is 119 g/mol. The van der Waals surface area contributed by atoms with Crippen LogP contribution in [0, 0.1) is 0 Å². The number of benzene rings is 1. The van der Waals surface area contributed by atoms with Crippen LogP contribution in [0.3, 0.4) is 0 Å². The molecule has 0 aromatic heterocycles. The molecule has 0 fully saturated rings. The summed E-state index contributed by atoms with van der Waals surface area (Å²) in [6, 6.07) is 9.95. The number of hydrogen-bond donors (Lipinski definition) is 1. The molecular weight excluding hydrogens is 110 g/mol. The summed E-state index contributed by atoms with van der Waals surface area (Å²) in [5, 5.41) is 0. The van der Waals surface area contributed by atoms with Gasteiger partial charge in [-0.2, -0.15) is 0 Å². The van der Waals surface area contributed by atoms with E-state index in [0.29, 0.717) is 0 Å². The highest BCUT2D eigenvalue weighted by molar-refractivity contribution is 5.47. The fourth-order valence-corrected chi connectivity index (χ4v) is 0.675. The molecule has 0 unspecified atom stereocenters. The maximum absolute atomic E-state index is 5.18. The summed E-state index contributed by atoms with van der Waals surface area (Å²) in [4.78, 5) is 0. The van der Waals surface area contributed by atoms with Crippen LogP contribution in [-0.4, -0.2) is 0 Å². The molecule has 0 saturated heterocycles. The first-order chi connectivity index (χ1) is 4.43. The number of nitrogens with two attached hydrogens (primary N) is 1. The Labute approximate surface area is 54.8 Å². The highest BCUT2D eigenvalue weighted by Crippen LogP contribution is 1.98. The molecule has 0 heterocycles. The van der Waals surface area contributed by atoms with Gasteiger partial charge < -0.3 is 5.73 Å². The van der Waals surface area contributed by atoms with Gasteiger partial charge in [0.15, 0.2) is 0 Å². The minimum atomic E-state index is 1.14. The standard InChI is InChI=1S/C8H9N/c9-7-6-8-4-2-1-3-5-8/h1-7H,9H2. The zero-order chi connectivity index (χ0) is 6.53. The van der Waals surface area contributed by atoms with E-state index in [1.54, 1.807) is 0 Å². The van der Waals surface area contributed by atoms with E-state index < -0.39 is 0 Å². The van der Waals surface area contributed by atoms with Crippen LogP contribution in [0.5, 0.6) is 0 Å². The molecule has 0 aliphatic carbocycles. The Morgan fingerprint density at radius 2 is 1.78 bits per heavy atom. The summed E-state index contributed by atoms with van der Waals surface area (Å²) in [5.41, 5.74) is 6.32. The van der Waals surface area contributed by atoms with E-state index in [0.717, 1.165) is 5.56 Å². The Balaban J connectivity index is 2.85. The molecule has 9 heavy (non-hydrogen) atoms. The van der Waals surface area contributed by atoms with Crippen molar-refractivity contribution >= 4 is 6.08 Å². The number of hydrogen-bond acceptors (Lipinski definition) is 1. The minimum Gasteiger partial charge on any atom is -0.405 e. The highest BCUT2D eigenvalue weighted by atomic mass is 14.5. The molecule has 0 saturated carbocycles. The highest BCUT2D eigenvalue weighted by Gasteiger charge is 1.77. The molecule has 0 bridgehead atoms. The quantitative estimate of drug-likeness (QED) is 0.597. The molecule has 1 heteroatoms. The first-order valence-electron chi connectivity index (χ1n) is 2.87. The van der Waals surface area contributed by atoms with Gasteiger partial charge in [0.1, 0.15) is 0 Å². The van der Waals surface area contributed by atoms with E-state index >= 15 is 0 Å². The van der Waals surface area contributed by atoms with Crippen LogP contribution in [0.4, 0.5) is 0 Å². The van der Waals surface area contributed by atoms with Gasteiger partial charge in [0, 0.05) is 0 Å². The molecule has 1 nitrogen and oxygen atoms in total. The van der Waals surface area contributed by atoms with Crippen molar-refractivity contribution in [3.05, 3.63) is 42.1 Å². The Morgan fingerprint density at radius 3 is 2.33 bits per heavy atom. The van der Waals surface area contributed by atoms with Gasteiger partial charge in [0.25, 0.3) is 0 Å². The fourth-order valence-electron chi connectivity index (χ4n) is 0.675. The van der Waals surface area contributed by atoms with Gasteiger partial charge in [-0.05, 0) is 17.8 Å². The summed E-state index contributed by atoms with van der Waals surface area (Å²) in [7, 11) is 0. The molecular formula is C8H9N. The molecule has 0 aliphatic rings. The van der Waals surface area contributed by atoms with Crippen LogP contribution in [-0.2, 0) is 0 Å². The minimum absolute atomic E-state index is 1.14. The van der Waals surface area contributed by atoms with E-state index in [2.05, 4.69) is 0 Å². The van der Waals surface area contributed by atoms with Crippen LogP contribution in [0.25, 0.3) is 6.08 Å². The molecule has 1 rings (SSSR count). The third kappa shape index (κ3) is 1.61. The van der Waals surface area contributed by atoms with Crippen molar-refractivity contribution in [1.29, 1.82) is 0 Å². The summed E-state index contributed by atoms with van der Waals surface area (Å²) in [6.07, 6.45) is 3.40. The van der Waals surface area contributed by atoms with Crippen LogP contribution in [0.2, 0.25) is 0 Å². The summed E-state index contributed by atoms with van der Waals surface area (Å²) >= 11 is 0. The van der Waals surface area contributed by atoms with Gasteiger partial charge >= 0.3 is 0 Å². The average molecular weight is 119 g/mol. The third-order valence-corrected chi connectivity index (χ3v) is 1.09. The predicted molar refractivity (Wildman–Crippen MR) is 39.7 cm³/mol. The summed E-state index contributed by atoms with van der Waals surface area (Å²) < 4.78 is 0. The van der Waals surface area contributed by atoms with Crippen molar-refractivity contribution in [2.75, 3.05) is 0 Å². The molecule has 1 aromatic rings. The fraction of sp³-hybridized carbons (Fsp3) is 0. The molecule has 0 radical (unpaired) electrons. The van der Waals surface area contributed by atoms with E-state index in [-0.39, 0.29) is 0 Å². The molecule has 0 amide bonds. The first kappa shape index (κ1) is 5.89. The average Bonchev–Trinajstić information content (AvgIpc) is 1.91. The van der Waals surface area contributed by atoms with Crippen molar-refractivity contribution in [3.8, 4) is 0 Å². The van der Waals surface area contributed by atoms with Gasteiger partial charge in [-0.15, -0.1) is 0 Å². The van der Waals surface area contributed by atoms with Gasteiger partial charge in [0.05, 0.1) is 0 Å². The normalized spacial score (nSPS) is 10.2. The molecule has 1 aromatic carbocycles. The second-order valence-corrected chi connectivity index (χ2v) is 1.77. The van der Waals surface area contributed by atoms with Crippen molar-refractivity contribution in [2.24, 2.45) is 5.73 Å². The largest absolute Gasteiger partial charge is 0.405 e. The lowest BCUT2D eigenvalue weighted by Crippen LogP contribution is -1.75. The van der Waals surface area contributed by atoms with Crippen LogP contribution < -0.4 is 5.73 Å². The van der Waals surface area contributed by atoms with Crippen LogP contribution in [0.15, 0.2) is 36.5 Å². The van der Waals surface area contributed by atoms with Crippen LogP contribution in [0.1, 0.15) is 5.56 Å². The Morgan fingerprint density at radius 1 is 1.11 bits per heavy atom. The smallest absolute Gasteiger partial charge is 0.00564 e. The van der Waals surface area contributed by atoms with Crippen molar-refractivity contribution in [3.63, 3.8) is 0 Å². The molecule has 46 valence electrons. The van der Waals surface area contributed by atoms with Gasteiger partial charge in [-0.1, -0.05) is 30.3 Å². The maximum atomic E-state index is 5.18. The van der Waals surface area contributed by atoms with E-state index in [9.17, 15) is 0 Å². The number of rotatable bonds is 1. The second-order valence-electron chi connectivity index (χ2n) is 1.77. The van der Waals surface area contributed by atoms with Crippen LogP contribution >= 0.6 is 0 Å². The maximum Gasteiger partial charge on any atom is -0.00564 e. The lowest BCUT2D eigenvalue weighted by atomic mass is 10.2. The topological polar surface area (TPSA) is 26.0 Å². The lowest BCUT2D eigenvalue weighted by Gasteiger charge is -1.86. The van der Waals surface area contributed by atoms with E-state index in [4.69, 9.17) is 5.73 Å². The van der Waals surface area contributed by atoms with E-state index in [1.807, 2.05) is 36.4 Å². The molecule has 2 N–H and O–H groups in total. The van der Waals surface area contributed by atoms with Gasteiger partial charge in [-0.3, -0.25) is 0 Å². The summed E-state index contributed by atoms with van der Waals surface area (Å²) in [5.74, 6) is 0. The Hall–Kier alpha value is -1.24. The van der Waals surface area contributed by atoms with E-state index in [1.165, 1.54) is 6.20 Å². The SMILES string of the molecule is NC=Cc1ccccc1. The first-order valence-corrected chi connectivity index (χ1v) is 2.87. The zero-order valence-electron chi connectivity index (χ0n) is 5.12. The van der Waals surface area contributed by atoms with Crippen molar-refractivity contribution < 1.29 is 0 Å². The van der Waals surface area contributed by atoms with Crippen molar-refractivity contribution in [1.82, 2.24) is 0 Å². The van der Waals surface area contributed by atoms with Crippen molar-refractivity contribution in [2.45, 2.75) is 0 Å². The molecule has 0 spiro atoms. The van der Waals surface area contributed by atoms with Gasteiger partial charge in [0.2, 0.25) is 0 Å². The second kappa shape index (κ2) is 2.92. The lowest BCUT2D eigenvalue weighted by molar-refractivity contribution is 1.60. The predicted octanol–water partition coefficient (Wildman–Crippen LogP) is 1.62. The third-order valence-electron chi connectivity index (χ3n) is 1.09. The summed E-state index contributed by atoms with van der Waals surface area (Å²) in [6.45, 7) is 0. The Bertz CT molecular complexity index is 189. The molecule has 0 aliphatic heterocycles. The zero-order valence-corrected chi connectivity index (χ0v) is 5.12.